The zero-order valence-electron chi connectivity index (χ0n) is 26.0. The Morgan fingerprint density at radius 3 is 1.79 bits per heavy atom. The van der Waals surface area contributed by atoms with Crippen LogP contribution in [-0.4, -0.2) is 56.5 Å². The fourth-order valence-corrected chi connectivity index (χ4v) is 5.64. The highest BCUT2D eigenvalue weighted by Gasteiger charge is 2.30. The van der Waals surface area contributed by atoms with Crippen LogP contribution in [0.25, 0.3) is 0 Å². The lowest BCUT2D eigenvalue weighted by Gasteiger charge is -2.29. The van der Waals surface area contributed by atoms with Gasteiger partial charge in [0.25, 0.3) is 0 Å². The molecule has 0 saturated heterocycles. The van der Waals surface area contributed by atoms with Crippen molar-refractivity contribution in [1.82, 2.24) is 9.97 Å². The smallest absolute Gasteiger partial charge is 0.309 e. The minimum atomic E-state index is -0.307. The highest BCUT2D eigenvalue weighted by atomic mass is 79.9. The van der Waals surface area contributed by atoms with E-state index in [1.54, 1.807) is 19.1 Å². The summed E-state index contributed by atoms with van der Waals surface area (Å²) in [6, 6.07) is 7.09. The lowest BCUT2D eigenvalue weighted by Crippen LogP contribution is -2.31. The van der Waals surface area contributed by atoms with Crippen molar-refractivity contribution in [3.8, 4) is 11.5 Å². The molecule has 0 radical (unpaired) electrons. The van der Waals surface area contributed by atoms with Crippen LogP contribution in [-0.2, 0) is 19.1 Å². The van der Waals surface area contributed by atoms with Crippen molar-refractivity contribution in [2.45, 2.75) is 117 Å². The monoisotopic (exact) mass is 728 g/mol. The van der Waals surface area contributed by atoms with Crippen LogP contribution in [0.5, 0.6) is 11.5 Å². The SMILES string of the molecule is CC(C)OC(=O)[C@H]1CCC[C@@H](O)C1.Cc1nc(Br)ccc1O.Cc1nc(Br)ccc1O[C@H]1CCC[C@H](C(=O)OC(C)C)C1. The summed E-state index contributed by atoms with van der Waals surface area (Å²) < 4.78 is 18.0. The van der Waals surface area contributed by atoms with Gasteiger partial charge in [0, 0.05) is 0 Å². The Bertz CT molecular complexity index is 1180. The Balaban J connectivity index is 0.000000249. The lowest BCUT2D eigenvalue weighted by atomic mass is 9.87. The summed E-state index contributed by atoms with van der Waals surface area (Å²) in [6.07, 6.45) is 6.42. The molecule has 0 aromatic carbocycles. The first-order chi connectivity index (χ1) is 20.2. The number of aliphatic hydroxyl groups is 1. The van der Waals surface area contributed by atoms with Crippen LogP contribution in [0.2, 0.25) is 0 Å². The minimum Gasteiger partial charge on any atom is -0.506 e. The normalized spacial score (nSPS) is 21.6. The summed E-state index contributed by atoms with van der Waals surface area (Å²) in [6.45, 7) is 11.1. The maximum Gasteiger partial charge on any atom is 0.309 e. The van der Waals surface area contributed by atoms with E-state index in [1.165, 1.54) is 0 Å². The van der Waals surface area contributed by atoms with E-state index in [0.717, 1.165) is 65.6 Å². The third-order valence-electron chi connectivity index (χ3n) is 6.96. The highest BCUT2D eigenvalue weighted by molar-refractivity contribution is 9.10. The van der Waals surface area contributed by atoms with Crippen molar-refractivity contribution in [3.63, 3.8) is 0 Å². The number of aliphatic hydroxyl groups excluding tert-OH is 1. The van der Waals surface area contributed by atoms with Crippen LogP contribution in [0.1, 0.15) is 90.4 Å². The summed E-state index contributed by atoms with van der Waals surface area (Å²) in [4.78, 5) is 31.7. The van der Waals surface area contributed by atoms with Gasteiger partial charge in [0.05, 0.1) is 47.6 Å². The zero-order chi connectivity index (χ0) is 32.1. The fraction of sp³-hybridized carbons (Fsp3) is 0.625. The molecule has 2 heterocycles. The first kappa shape index (κ1) is 36.9. The van der Waals surface area contributed by atoms with Crippen LogP contribution in [0.4, 0.5) is 0 Å². The predicted octanol–water partition coefficient (Wildman–Crippen LogP) is 7.39. The number of ether oxygens (including phenoxy) is 3. The molecule has 2 saturated carbocycles. The summed E-state index contributed by atoms with van der Waals surface area (Å²) in [5.74, 6) is 0.665. The maximum atomic E-state index is 12.0. The Labute approximate surface area is 272 Å². The number of nitrogens with zero attached hydrogens (tertiary/aromatic N) is 2. The van der Waals surface area contributed by atoms with Gasteiger partial charge in [-0.25, -0.2) is 9.97 Å². The van der Waals surface area contributed by atoms with Crippen LogP contribution >= 0.6 is 31.9 Å². The van der Waals surface area contributed by atoms with Crippen LogP contribution in [0, 0.1) is 25.7 Å². The molecule has 0 unspecified atom stereocenters. The van der Waals surface area contributed by atoms with Crippen LogP contribution in [0.15, 0.2) is 33.5 Å². The van der Waals surface area contributed by atoms with Crippen LogP contribution in [0.3, 0.4) is 0 Å². The Morgan fingerprint density at radius 2 is 1.30 bits per heavy atom. The molecule has 2 fully saturated rings. The predicted molar refractivity (Wildman–Crippen MR) is 172 cm³/mol. The number of carbonyl (C=O) groups is 2. The minimum absolute atomic E-state index is 0.0464. The van der Waals surface area contributed by atoms with Crippen molar-refractivity contribution in [1.29, 1.82) is 0 Å². The number of halogens is 2. The van der Waals surface area contributed by atoms with Gasteiger partial charge in [-0.2, -0.15) is 0 Å². The molecule has 0 spiro atoms. The first-order valence-corrected chi connectivity index (χ1v) is 16.5. The lowest BCUT2D eigenvalue weighted by molar-refractivity contribution is -0.155. The molecule has 2 N–H and O–H groups in total. The molecule has 9 nitrogen and oxygen atoms in total. The van der Waals surface area contributed by atoms with Gasteiger partial charge in [0.15, 0.2) is 0 Å². The molecule has 43 heavy (non-hydrogen) atoms. The van der Waals surface area contributed by atoms with Crippen molar-refractivity contribution < 1.29 is 34.0 Å². The Hall–Kier alpha value is -2.24. The molecule has 0 aliphatic heterocycles. The summed E-state index contributed by atoms with van der Waals surface area (Å²) >= 11 is 6.52. The molecule has 4 rings (SSSR count). The van der Waals surface area contributed by atoms with E-state index in [1.807, 2.05) is 46.8 Å². The molecule has 0 bridgehead atoms. The van der Waals surface area contributed by atoms with Gasteiger partial charge in [-0.05, 0) is 143 Å². The third-order valence-corrected chi connectivity index (χ3v) is 7.85. The van der Waals surface area contributed by atoms with E-state index < -0.39 is 0 Å². The molecule has 11 heteroatoms. The number of esters is 2. The van der Waals surface area contributed by atoms with Gasteiger partial charge < -0.3 is 24.4 Å². The van der Waals surface area contributed by atoms with E-state index in [4.69, 9.17) is 19.3 Å². The molecule has 4 atom stereocenters. The molecular formula is C32H46Br2N2O7. The fourth-order valence-electron chi connectivity index (χ4n) is 4.85. The molecule has 240 valence electrons. The number of aromatic hydroxyl groups is 1. The van der Waals surface area contributed by atoms with Gasteiger partial charge in [0.2, 0.25) is 0 Å². The summed E-state index contributed by atoms with van der Waals surface area (Å²) in [5, 5.41) is 18.3. The zero-order valence-corrected chi connectivity index (χ0v) is 29.2. The van der Waals surface area contributed by atoms with Gasteiger partial charge in [-0.1, -0.05) is 6.42 Å². The largest absolute Gasteiger partial charge is 0.506 e. The number of pyridine rings is 2. The molecule has 0 amide bonds. The number of aromatic nitrogens is 2. The molecule has 2 aromatic rings. The average molecular weight is 731 g/mol. The second-order valence-corrected chi connectivity index (χ2v) is 13.2. The van der Waals surface area contributed by atoms with Gasteiger partial charge in [-0.3, -0.25) is 9.59 Å². The van der Waals surface area contributed by atoms with Gasteiger partial charge in [-0.15, -0.1) is 0 Å². The topological polar surface area (TPSA) is 128 Å². The quantitative estimate of drug-likeness (QED) is 0.231. The Kier molecular flexibility index (Phi) is 15.9. The molecule has 2 aliphatic carbocycles. The highest BCUT2D eigenvalue weighted by Crippen LogP contribution is 2.30. The van der Waals surface area contributed by atoms with E-state index in [-0.39, 0.29) is 53.9 Å². The van der Waals surface area contributed by atoms with E-state index in [2.05, 4.69) is 41.8 Å². The maximum absolute atomic E-state index is 12.0. The van der Waals surface area contributed by atoms with Crippen molar-refractivity contribution in [3.05, 3.63) is 44.9 Å². The second-order valence-electron chi connectivity index (χ2n) is 11.5. The molecular weight excluding hydrogens is 684 g/mol. The summed E-state index contributed by atoms with van der Waals surface area (Å²) in [7, 11) is 0. The number of hydrogen-bond acceptors (Lipinski definition) is 9. The van der Waals surface area contributed by atoms with Crippen molar-refractivity contribution in [2.75, 3.05) is 0 Å². The number of aryl methyl sites for hydroxylation is 2. The summed E-state index contributed by atoms with van der Waals surface area (Å²) in [5.41, 5.74) is 1.50. The third kappa shape index (κ3) is 13.9. The average Bonchev–Trinajstić information content (AvgIpc) is 2.93. The van der Waals surface area contributed by atoms with Crippen molar-refractivity contribution >= 4 is 43.8 Å². The van der Waals surface area contributed by atoms with Gasteiger partial charge >= 0.3 is 11.9 Å². The molecule has 2 aromatic heterocycles. The van der Waals surface area contributed by atoms with E-state index in [0.29, 0.717) is 12.1 Å². The van der Waals surface area contributed by atoms with Crippen LogP contribution < -0.4 is 4.74 Å². The number of hydrogen-bond donors (Lipinski definition) is 2. The standard InChI is InChI=1S/C16H22BrNO3.C10H18O3.C6H6BrNO/c1-10(2)20-16(19)12-5-4-6-13(9-12)21-14-7-8-15(17)18-11(14)3;1-7(2)13-10(12)8-4-3-5-9(11)6-8;1-4-5(9)2-3-6(7)8-4/h7-8,10,12-13H,4-6,9H2,1-3H3;7-9,11H,3-6H2,1-2H3;2-3,9H,1H3/t12-,13-;8-,9+;/m00./s1. The Morgan fingerprint density at radius 1 is 0.791 bits per heavy atom. The number of rotatable bonds is 6. The second kappa shape index (κ2) is 18.5. The molecule has 2 aliphatic rings. The van der Waals surface area contributed by atoms with Gasteiger partial charge in [0.1, 0.15) is 20.7 Å². The van der Waals surface area contributed by atoms with E-state index >= 15 is 0 Å². The number of carbonyl (C=O) groups excluding carboxylic acids is 2. The van der Waals surface area contributed by atoms with Crippen molar-refractivity contribution in [2.24, 2.45) is 11.8 Å². The van der Waals surface area contributed by atoms with E-state index in [9.17, 15) is 14.7 Å². The first-order valence-electron chi connectivity index (χ1n) is 15.0.